The summed E-state index contributed by atoms with van der Waals surface area (Å²) in [5.74, 6) is 0. The molecule has 0 radical (unpaired) electrons. The lowest BCUT2D eigenvalue weighted by molar-refractivity contribution is 0.0624. The first kappa shape index (κ1) is 41.9. The number of fused-ring (bicyclic) bond motifs is 6. The highest BCUT2D eigenvalue weighted by molar-refractivity contribution is 5.93. The quantitative estimate of drug-likeness (QED) is 0.0832. The van der Waals surface area contributed by atoms with Crippen LogP contribution in [-0.4, -0.2) is 42.6 Å². The molecule has 1 heterocycles. The smallest absolute Gasteiger partial charge is 0.412 e. The summed E-state index contributed by atoms with van der Waals surface area (Å²) >= 11 is 0. The summed E-state index contributed by atoms with van der Waals surface area (Å²) in [5, 5.41) is 8.82. The molecule has 3 N–H and O–H groups in total. The van der Waals surface area contributed by atoms with Crippen LogP contribution in [0.25, 0.3) is 22.3 Å². The summed E-state index contributed by atoms with van der Waals surface area (Å²) in [4.78, 5) is 40.8. The van der Waals surface area contributed by atoms with Crippen LogP contribution in [-0.2, 0) is 27.2 Å². The number of carbonyl (C=O) groups excluding carboxylic acids is 3. The van der Waals surface area contributed by atoms with Gasteiger partial charge in [0.2, 0.25) is 0 Å². The number of unbranched alkanes of at least 4 members (excludes halogenated alkanes) is 3. The number of benzene rings is 5. The maximum atomic E-state index is 12.9. The van der Waals surface area contributed by atoms with Crippen LogP contribution in [0.4, 0.5) is 31.4 Å². The molecule has 5 aromatic carbocycles. The van der Waals surface area contributed by atoms with E-state index in [2.05, 4.69) is 63.3 Å². The number of nitrogens with one attached hydrogen (secondary N) is 3. The minimum atomic E-state index is -0.640. The van der Waals surface area contributed by atoms with Crippen LogP contribution < -0.4 is 20.9 Å². The van der Waals surface area contributed by atoms with Gasteiger partial charge in [-0.25, -0.2) is 14.4 Å². The molecule has 0 aromatic heterocycles. The minimum Gasteiger partial charge on any atom is -0.445 e. The summed E-state index contributed by atoms with van der Waals surface area (Å²) in [5.41, 5.74) is 11.2. The van der Waals surface area contributed by atoms with E-state index >= 15 is 0 Å². The third kappa shape index (κ3) is 10.3. The van der Waals surface area contributed by atoms with Crippen molar-refractivity contribution in [3.8, 4) is 22.3 Å². The average molecular weight is 809 g/mol. The summed E-state index contributed by atoms with van der Waals surface area (Å²) in [6.07, 6.45) is 2.96. The highest BCUT2D eigenvalue weighted by atomic mass is 16.6. The Morgan fingerprint density at radius 2 is 1.27 bits per heavy atom. The molecule has 312 valence electrons. The Morgan fingerprint density at radius 1 is 0.633 bits per heavy atom. The summed E-state index contributed by atoms with van der Waals surface area (Å²) in [6, 6.07) is 36.7. The number of hydrogen-bond acceptors (Lipinski definition) is 7. The molecule has 5 aromatic rings. The molecule has 0 spiro atoms. The number of nitrogens with zero attached hydrogens (tertiary/aromatic N) is 1. The zero-order chi connectivity index (χ0) is 42.4. The number of amides is 3. The van der Waals surface area contributed by atoms with Crippen molar-refractivity contribution in [2.75, 3.05) is 28.6 Å². The van der Waals surface area contributed by atoms with Gasteiger partial charge in [0.05, 0.1) is 6.04 Å². The molecule has 2 aliphatic rings. The van der Waals surface area contributed by atoms with Crippen molar-refractivity contribution < 1.29 is 28.6 Å². The van der Waals surface area contributed by atoms with Crippen molar-refractivity contribution >= 4 is 35.3 Å². The molecular formula is C50H56N4O6. The van der Waals surface area contributed by atoms with Crippen LogP contribution in [0.2, 0.25) is 0 Å². The Hall–Kier alpha value is -6.29. The maximum Gasteiger partial charge on any atom is 0.412 e. The van der Waals surface area contributed by atoms with Crippen LogP contribution in [0.15, 0.2) is 109 Å². The van der Waals surface area contributed by atoms with E-state index < -0.39 is 29.5 Å². The fourth-order valence-electron chi connectivity index (χ4n) is 8.09. The van der Waals surface area contributed by atoms with Crippen LogP contribution in [0.5, 0.6) is 0 Å². The molecular weight excluding hydrogens is 753 g/mol. The van der Waals surface area contributed by atoms with Gasteiger partial charge < -0.3 is 24.4 Å². The van der Waals surface area contributed by atoms with E-state index in [1.54, 1.807) is 0 Å². The van der Waals surface area contributed by atoms with Crippen molar-refractivity contribution in [2.45, 2.75) is 97.5 Å². The number of hydrogen-bond donors (Lipinski definition) is 3. The largest absolute Gasteiger partial charge is 0.445 e. The van der Waals surface area contributed by atoms with Crippen molar-refractivity contribution in [1.29, 1.82) is 0 Å². The van der Waals surface area contributed by atoms with Gasteiger partial charge in [0.15, 0.2) is 0 Å². The van der Waals surface area contributed by atoms with Crippen LogP contribution in [0, 0.1) is 0 Å². The van der Waals surface area contributed by atoms with Crippen molar-refractivity contribution in [2.24, 2.45) is 0 Å². The third-order valence-electron chi connectivity index (χ3n) is 10.6. The normalized spacial score (nSPS) is 13.9. The monoisotopic (exact) mass is 808 g/mol. The second-order valence-corrected chi connectivity index (χ2v) is 17.5. The molecule has 10 nitrogen and oxygen atoms in total. The van der Waals surface area contributed by atoms with Crippen LogP contribution >= 0.6 is 0 Å². The molecule has 0 saturated carbocycles. The summed E-state index contributed by atoms with van der Waals surface area (Å²) < 4.78 is 16.8. The lowest BCUT2D eigenvalue weighted by Crippen LogP contribution is -2.34. The van der Waals surface area contributed by atoms with E-state index in [0.29, 0.717) is 24.5 Å². The van der Waals surface area contributed by atoms with Crippen LogP contribution in [0.3, 0.4) is 0 Å². The minimum absolute atomic E-state index is 0.192. The fraction of sp³-hybridized carbons (Fsp3) is 0.340. The Labute approximate surface area is 353 Å². The molecule has 60 heavy (non-hydrogen) atoms. The predicted molar refractivity (Wildman–Crippen MR) is 239 cm³/mol. The third-order valence-corrected chi connectivity index (χ3v) is 10.6. The van der Waals surface area contributed by atoms with Crippen molar-refractivity contribution in [3.63, 3.8) is 0 Å². The molecule has 0 bridgehead atoms. The Morgan fingerprint density at radius 3 is 1.98 bits per heavy atom. The Bertz CT molecular complexity index is 2350. The number of alkyl carbamates (subject to hydrolysis) is 1. The van der Waals surface area contributed by atoms with E-state index in [0.717, 1.165) is 65.6 Å². The number of ether oxygens (including phenoxy) is 3. The highest BCUT2D eigenvalue weighted by Gasteiger charge is 2.33. The highest BCUT2D eigenvalue weighted by Crippen LogP contribution is 2.49. The molecule has 1 unspecified atom stereocenters. The van der Waals surface area contributed by atoms with Gasteiger partial charge in [0, 0.05) is 35.7 Å². The van der Waals surface area contributed by atoms with E-state index in [1.165, 1.54) is 22.3 Å². The van der Waals surface area contributed by atoms with E-state index in [4.69, 9.17) is 14.2 Å². The van der Waals surface area contributed by atoms with Gasteiger partial charge in [-0.05, 0) is 130 Å². The van der Waals surface area contributed by atoms with Gasteiger partial charge in [-0.1, -0.05) is 97.8 Å². The van der Waals surface area contributed by atoms with E-state index in [-0.39, 0.29) is 12.6 Å². The lowest BCUT2D eigenvalue weighted by atomic mass is 9.84. The van der Waals surface area contributed by atoms with Gasteiger partial charge in [-0.3, -0.25) is 10.6 Å². The number of rotatable bonds is 12. The average Bonchev–Trinajstić information content (AvgIpc) is 3.58. The Balaban J connectivity index is 1.02. The Kier molecular flexibility index (Phi) is 12.5. The van der Waals surface area contributed by atoms with Crippen molar-refractivity contribution in [3.05, 3.63) is 137 Å². The van der Waals surface area contributed by atoms with E-state index in [9.17, 15) is 14.4 Å². The van der Waals surface area contributed by atoms with E-state index in [1.807, 2.05) is 108 Å². The van der Waals surface area contributed by atoms with Crippen molar-refractivity contribution in [1.82, 2.24) is 5.32 Å². The number of carbonyl (C=O) groups is 3. The fourth-order valence-corrected chi connectivity index (χ4v) is 8.09. The standard InChI is InChI=1S/C50H56N4O6/c1-49(2,3)59-47(56)52-36-23-25-40-41-26-24-37(53-48(57)60-50(4,5)6)31-44(41)54(45(43(40)30-36)33-17-10-9-11-18-33)28-15-8-7-14-27-51-46(55)58-32-35-20-16-22-39-38-21-13-12-19-34(38)29-42(35)39/h9-13,16-26,30-31,45H,7-8,14-15,27-29,32H2,1-6H3,(H,51,55)(H,52,56)(H,53,57). The van der Waals surface area contributed by atoms with Gasteiger partial charge in [0.25, 0.3) is 0 Å². The van der Waals surface area contributed by atoms with Gasteiger partial charge in [-0.2, -0.15) is 0 Å². The van der Waals surface area contributed by atoms with Gasteiger partial charge in [-0.15, -0.1) is 0 Å². The first-order valence-corrected chi connectivity index (χ1v) is 20.9. The molecule has 1 aliphatic carbocycles. The molecule has 7 rings (SSSR count). The zero-order valence-corrected chi connectivity index (χ0v) is 35.5. The number of anilines is 3. The van der Waals surface area contributed by atoms with Gasteiger partial charge in [0.1, 0.15) is 17.8 Å². The summed E-state index contributed by atoms with van der Waals surface area (Å²) in [6.45, 7) is 12.5. The first-order chi connectivity index (χ1) is 28.7. The van der Waals surface area contributed by atoms with Gasteiger partial charge >= 0.3 is 18.3 Å². The molecule has 0 fully saturated rings. The summed E-state index contributed by atoms with van der Waals surface area (Å²) in [7, 11) is 0. The second-order valence-electron chi connectivity index (χ2n) is 17.5. The topological polar surface area (TPSA) is 118 Å². The first-order valence-electron chi connectivity index (χ1n) is 20.9. The van der Waals surface area contributed by atoms with Crippen LogP contribution in [0.1, 0.15) is 101 Å². The molecule has 1 atom stereocenters. The zero-order valence-electron chi connectivity index (χ0n) is 35.5. The maximum absolute atomic E-state index is 12.9. The lowest BCUT2D eigenvalue weighted by Gasteiger charge is -2.41. The molecule has 10 heteroatoms. The SMILES string of the molecule is CC(C)(C)OC(=O)Nc1ccc2c(c1)C(c1ccccc1)N(CCCCCCNC(=O)OCc1cccc3c1Cc1ccccc1-3)c1cc(NC(=O)OC(C)(C)C)ccc1-2. The predicted octanol–water partition coefficient (Wildman–Crippen LogP) is 12.0. The molecule has 1 aliphatic heterocycles. The second kappa shape index (κ2) is 17.9. The molecule has 3 amide bonds. The molecule has 0 saturated heterocycles.